The summed E-state index contributed by atoms with van der Waals surface area (Å²) in [7, 11) is 0. The summed E-state index contributed by atoms with van der Waals surface area (Å²) < 4.78 is 4.56. The quantitative estimate of drug-likeness (QED) is 0.151. The molecule has 2 amide bonds. The van der Waals surface area contributed by atoms with Crippen LogP contribution in [0.2, 0.25) is 0 Å². The first kappa shape index (κ1) is 41.9. The van der Waals surface area contributed by atoms with E-state index in [1.807, 2.05) is 54.6 Å². The van der Waals surface area contributed by atoms with E-state index in [9.17, 15) is 24.3 Å². The lowest BCUT2D eigenvalue weighted by Gasteiger charge is -2.42. The van der Waals surface area contributed by atoms with Gasteiger partial charge in [0.25, 0.3) is 17.0 Å². The summed E-state index contributed by atoms with van der Waals surface area (Å²) in [5.41, 5.74) is 2.70. The highest BCUT2D eigenvalue weighted by atomic mass is 16.3. The van der Waals surface area contributed by atoms with Crippen molar-refractivity contribution in [1.29, 1.82) is 0 Å². The predicted molar refractivity (Wildman–Crippen MR) is 251 cm³/mol. The first-order chi connectivity index (χ1) is 32.0. The fraction of sp³-hybridized carbons (Fsp3) is 0.429. The number of hydrogen-bond donors (Lipinski definition) is 3. The van der Waals surface area contributed by atoms with Gasteiger partial charge in [-0.2, -0.15) is 10.1 Å². The van der Waals surface area contributed by atoms with Crippen LogP contribution in [0.5, 0.6) is 0 Å². The number of anilines is 4. The number of benzene rings is 2. The lowest BCUT2D eigenvalue weighted by atomic mass is 9.76. The van der Waals surface area contributed by atoms with Gasteiger partial charge in [-0.25, -0.2) is 24.0 Å². The highest BCUT2D eigenvalue weighted by Crippen LogP contribution is 2.48. The Bertz CT molecular complexity index is 3010. The number of carbonyl (C=O) groups excluding carboxylic acids is 2. The van der Waals surface area contributed by atoms with Gasteiger partial charge < -0.3 is 20.2 Å². The Hall–Kier alpha value is -6.72. The lowest BCUT2D eigenvalue weighted by Crippen LogP contribution is -2.50. The Labute approximate surface area is 380 Å². The van der Waals surface area contributed by atoms with Gasteiger partial charge in [-0.1, -0.05) is 24.3 Å². The Morgan fingerprint density at radius 3 is 2.38 bits per heavy atom. The molecule has 4 aromatic heterocycles. The summed E-state index contributed by atoms with van der Waals surface area (Å²) >= 11 is 0. The van der Waals surface area contributed by atoms with Crippen LogP contribution in [0.1, 0.15) is 76.4 Å². The molecule has 8 heterocycles. The fourth-order valence-corrected chi connectivity index (χ4v) is 11.0. The average molecular weight is 891 g/mol. The zero-order valence-electron chi connectivity index (χ0n) is 37.1. The first-order valence-corrected chi connectivity index (χ1v) is 23.3. The number of piperidine rings is 2. The molecule has 0 radical (unpaired) electrons. The van der Waals surface area contributed by atoms with Crippen LogP contribution >= 0.6 is 0 Å². The van der Waals surface area contributed by atoms with Gasteiger partial charge in [0.05, 0.1) is 23.8 Å². The second-order valence-electron chi connectivity index (χ2n) is 19.0. The summed E-state index contributed by atoms with van der Waals surface area (Å²) in [6.45, 7) is 7.94. The molecular weight excluding hydrogens is 837 g/mol. The number of pyridine rings is 1. The van der Waals surface area contributed by atoms with Crippen LogP contribution in [0.25, 0.3) is 27.6 Å². The van der Waals surface area contributed by atoms with Crippen molar-refractivity contribution in [3.63, 3.8) is 0 Å². The molecule has 340 valence electrons. The third-order valence-electron chi connectivity index (χ3n) is 14.9. The van der Waals surface area contributed by atoms with Crippen LogP contribution in [0, 0.1) is 5.41 Å². The maximum atomic E-state index is 13.6. The van der Waals surface area contributed by atoms with E-state index in [-0.39, 0.29) is 29.9 Å². The number of rotatable bonds is 6. The smallest absolute Gasteiger partial charge is 0.278 e. The van der Waals surface area contributed by atoms with E-state index in [0.29, 0.717) is 64.7 Å². The van der Waals surface area contributed by atoms with Crippen molar-refractivity contribution in [3.05, 3.63) is 112 Å². The van der Waals surface area contributed by atoms with Crippen molar-refractivity contribution in [2.75, 3.05) is 54.4 Å². The highest BCUT2D eigenvalue weighted by molar-refractivity contribution is 5.99. The van der Waals surface area contributed by atoms with E-state index in [2.05, 4.69) is 53.6 Å². The number of aromatic nitrogens is 7. The maximum absolute atomic E-state index is 13.6. The zero-order valence-corrected chi connectivity index (χ0v) is 37.1. The van der Waals surface area contributed by atoms with Gasteiger partial charge in [0, 0.05) is 80.4 Å². The molecule has 2 aromatic carbocycles. The molecule has 2 bridgehead atoms. The number of nitrogens with zero attached hydrogens (tertiary/aromatic N) is 10. The molecule has 2 unspecified atom stereocenters. The number of carbonyl (C=O) groups is 2. The minimum Gasteiger partial charge on any atom is -0.384 e. The van der Waals surface area contributed by atoms with E-state index in [0.717, 1.165) is 68.9 Å². The van der Waals surface area contributed by atoms with Crippen molar-refractivity contribution in [2.45, 2.75) is 88.9 Å². The molecule has 66 heavy (non-hydrogen) atoms. The van der Waals surface area contributed by atoms with Crippen LogP contribution in [-0.4, -0.2) is 101 Å². The Morgan fingerprint density at radius 2 is 1.58 bits per heavy atom. The zero-order chi connectivity index (χ0) is 45.2. The van der Waals surface area contributed by atoms with Crippen molar-refractivity contribution in [1.82, 2.24) is 44.3 Å². The van der Waals surface area contributed by atoms with E-state index in [1.54, 1.807) is 28.7 Å². The fourth-order valence-electron chi connectivity index (χ4n) is 11.0. The number of allylic oxidation sites excluding steroid dienone is 2. The molecule has 4 fully saturated rings. The van der Waals surface area contributed by atoms with Gasteiger partial charge in [-0.15, -0.1) is 0 Å². The van der Waals surface area contributed by atoms with Crippen LogP contribution in [0.3, 0.4) is 0 Å². The van der Waals surface area contributed by atoms with Crippen molar-refractivity contribution >= 4 is 56.6 Å². The topological polar surface area (TPSA) is 189 Å². The average Bonchev–Trinajstić information content (AvgIpc) is 3.86. The molecule has 3 atom stereocenters. The Kier molecular flexibility index (Phi) is 10.6. The second-order valence-corrected chi connectivity index (χ2v) is 19.0. The molecule has 1 spiro atoms. The molecule has 5 aliphatic rings. The number of aliphatic hydroxyl groups is 1. The molecule has 1 aliphatic carbocycles. The molecule has 1 saturated carbocycles. The molecule has 3 N–H and O–H groups in total. The summed E-state index contributed by atoms with van der Waals surface area (Å²) in [5.74, 6) is 0.0659. The van der Waals surface area contributed by atoms with Gasteiger partial charge >= 0.3 is 0 Å². The lowest BCUT2D eigenvalue weighted by molar-refractivity contribution is -0.136. The normalized spacial score (nSPS) is 24.0. The summed E-state index contributed by atoms with van der Waals surface area (Å²) in [4.78, 5) is 73.1. The molecule has 11 rings (SSSR count). The summed E-state index contributed by atoms with van der Waals surface area (Å²) in [5, 5.41) is 22.8. The molecule has 3 saturated heterocycles. The summed E-state index contributed by atoms with van der Waals surface area (Å²) in [6.07, 6.45) is 14.7. The standard InChI is InChI=1S/C49H54N12O5/c1-48(66)17-3-2-4-21-59-45(64)38-31-50-47(55-43(38)61(59)41-7-5-6-40(48)53-41)52-33-9-12-34(13-10-33)57-24-26-58(27-25-57)36-16-18-49(29-36)19-22-56(23-20-49)35-11-8-32-30-51-60(46(65)37(32)28-35)39-14-15-42(62)54-44(39)63/h2,4-13,28,30-31,36,39,66H,3,14-27,29H2,1H3,(H,50,52,55)(H,54,62,63)/b4-2-/t36?,39?,48-/m1/s1. The van der Waals surface area contributed by atoms with Gasteiger partial charge in [0.1, 0.15) is 17.0 Å². The first-order valence-electron chi connectivity index (χ1n) is 23.3. The monoisotopic (exact) mass is 890 g/mol. The Balaban J connectivity index is 0.706. The van der Waals surface area contributed by atoms with Crippen LogP contribution in [0.4, 0.5) is 23.0 Å². The van der Waals surface area contributed by atoms with E-state index >= 15 is 0 Å². The third-order valence-corrected chi connectivity index (χ3v) is 14.9. The predicted octanol–water partition coefficient (Wildman–Crippen LogP) is 4.93. The molecule has 17 nitrogen and oxygen atoms in total. The second kappa shape index (κ2) is 16.6. The number of fused-ring (bicyclic) bond motifs is 7. The third kappa shape index (κ3) is 7.72. The summed E-state index contributed by atoms with van der Waals surface area (Å²) in [6, 6.07) is 19.6. The molecule has 6 aromatic rings. The molecule has 17 heteroatoms. The van der Waals surface area contributed by atoms with Crippen LogP contribution in [0.15, 0.2) is 94.8 Å². The van der Waals surface area contributed by atoms with E-state index < -0.39 is 17.6 Å². The van der Waals surface area contributed by atoms with Gasteiger partial charge in [0.2, 0.25) is 11.9 Å². The molecular formula is C49H54N12O5. The number of hydrogen-bond acceptors (Lipinski definition) is 13. The van der Waals surface area contributed by atoms with Crippen LogP contribution < -0.4 is 31.6 Å². The number of nitrogens with one attached hydrogen (secondary N) is 2. The number of imide groups is 1. The van der Waals surface area contributed by atoms with Gasteiger partial charge in [-0.05, 0) is 112 Å². The van der Waals surface area contributed by atoms with Crippen molar-refractivity contribution in [3.8, 4) is 5.82 Å². The van der Waals surface area contributed by atoms with E-state index in [4.69, 9.17) is 9.97 Å². The number of amides is 2. The van der Waals surface area contributed by atoms with Crippen molar-refractivity contribution < 1.29 is 14.7 Å². The maximum Gasteiger partial charge on any atom is 0.278 e. The Morgan fingerprint density at radius 1 is 0.788 bits per heavy atom. The SMILES string of the molecule is C[C@@]1(O)CC/C=C\Cn2c(=O)c3cnc(Nc4ccc(N5CCN(C6CCC7(CCN(c8ccc9cnn(C%10CCC(=O)NC%10=O)c(=O)c9c8)CC7)C6)CC5)cc4)nc3n2-c2cccc1n2. The van der Waals surface area contributed by atoms with Crippen molar-refractivity contribution in [2.24, 2.45) is 5.41 Å². The number of piperazine rings is 1. The van der Waals surface area contributed by atoms with Gasteiger partial charge in [-0.3, -0.25) is 29.4 Å². The highest BCUT2D eigenvalue weighted by Gasteiger charge is 2.43. The van der Waals surface area contributed by atoms with E-state index in [1.165, 1.54) is 29.6 Å². The minimum absolute atomic E-state index is 0.186. The van der Waals surface area contributed by atoms with Gasteiger partial charge in [0.15, 0.2) is 11.5 Å². The molecule has 4 aliphatic heterocycles. The van der Waals surface area contributed by atoms with Crippen LogP contribution in [-0.2, 0) is 21.7 Å². The largest absolute Gasteiger partial charge is 0.384 e. The minimum atomic E-state index is -1.12.